The van der Waals surface area contributed by atoms with Crippen molar-refractivity contribution >= 4 is 15.9 Å². The predicted molar refractivity (Wildman–Crippen MR) is 66.4 cm³/mol. The second kappa shape index (κ2) is 4.16. The molecule has 1 aromatic carbocycles. The first-order valence-electron chi connectivity index (χ1n) is 5.34. The van der Waals surface area contributed by atoms with Crippen molar-refractivity contribution in [3.05, 3.63) is 28.7 Å². The molecule has 4 nitrogen and oxygen atoms in total. The Labute approximate surface area is 101 Å². The van der Waals surface area contributed by atoms with Crippen LogP contribution < -0.4 is 10.5 Å². The lowest BCUT2D eigenvalue weighted by atomic mass is 10.1. The zero-order valence-corrected chi connectivity index (χ0v) is 10.6. The number of rotatable bonds is 3. The van der Waals surface area contributed by atoms with Crippen molar-refractivity contribution in [1.82, 2.24) is 0 Å². The van der Waals surface area contributed by atoms with Crippen LogP contribution >= 0.6 is 0 Å². The number of fused-ring (bicyclic) bond motifs is 1. The SMILES string of the molecule is COc1ccc2c(c1)S(=O)(=O)C(CC(C)N)=C2. The minimum atomic E-state index is -3.37. The summed E-state index contributed by atoms with van der Waals surface area (Å²) in [5, 5.41) is 0. The van der Waals surface area contributed by atoms with Crippen LogP contribution in [0.4, 0.5) is 0 Å². The number of nitrogens with two attached hydrogens (primary N) is 1. The Kier molecular flexibility index (Phi) is 2.97. The molecule has 0 amide bonds. The van der Waals surface area contributed by atoms with Crippen molar-refractivity contribution in [2.24, 2.45) is 5.73 Å². The molecule has 0 aliphatic carbocycles. The van der Waals surface area contributed by atoms with Gasteiger partial charge in [-0.2, -0.15) is 0 Å². The van der Waals surface area contributed by atoms with Crippen molar-refractivity contribution in [2.75, 3.05) is 7.11 Å². The van der Waals surface area contributed by atoms with Gasteiger partial charge in [-0.15, -0.1) is 0 Å². The normalized spacial score (nSPS) is 18.4. The van der Waals surface area contributed by atoms with Gasteiger partial charge in [-0.3, -0.25) is 0 Å². The number of sulfone groups is 1. The van der Waals surface area contributed by atoms with E-state index in [0.717, 1.165) is 0 Å². The van der Waals surface area contributed by atoms with E-state index in [2.05, 4.69) is 0 Å². The zero-order chi connectivity index (χ0) is 12.6. The monoisotopic (exact) mass is 253 g/mol. The molecule has 2 rings (SSSR count). The number of hydrogen-bond acceptors (Lipinski definition) is 4. The molecule has 5 heteroatoms. The number of ether oxygens (including phenoxy) is 1. The first kappa shape index (κ1) is 12.1. The molecule has 1 aromatic rings. The van der Waals surface area contributed by atoms with Crippen LogP contribution in [0, 0.1) is 0 Å². The van der Waals surface area contributed by atoms with Gasteiger partial charge in [0.05, 0.1) is 16.9 Å². The Morgan fingerprint density at radius 2 is 2.12 bits per heavy atom. The minimum Gasteiger partial charge on any atom is -0.497 e. The van der Waals surface area contributed by atoms with E-state index in [4.69, 9.17) is 10.5 Å². The summed E-state index contributed by atoms with van der Waals surface area (Å²) >= 11 is 0. The molecule has 1 aliphatic heterocycles. The van der Waals surface area contributed by atoms with Crippen LogP contribution in [0.1, 0.15) is 18.9 Å². The average Bonchev–Trinajstić information content (AvgIpc) is 2.50. The molecule has 1 unspecified atom stereocenters. The Morgan fingerprint density at radius 3 is 2.71 bits per heavy atom. The summed E-state index contributed by atoms with van der Waals surface area (Å²) in [5.41, 5.74) is 6.36. The second-order valence-electron chi connectivity index (χ2n) is 4.20. The number of benzene rings is 1. The summed E-state index contributed by atoms with van der Waals surface area (Å²) < 4.78 is 29.5. The van der Waals surface area contributed by atoms with Crippen molar-refractivity contribution < 1.29 is 13.2 Å². The van der Waals surface area contributed by atoms with Gasteiger partial charge in [0, 0.05) is 6.04 Å². The highest BCUT2D eigenvalue weighted by atomic mass is 32.2. The quantitative estimate of drug-likeness (QED) is 0.887. The van der Waals surface area contributed by atoms with E-state index < -0.39 is 9.84 Å². The standard InChI is InChI=1S/C12H15NO3S/c1-8(13)5-11-6-9-3-4-10(16-2)7-12(9)17(11,14)15/h3-4,6-8H,5,13H2,1-2H3. The minimum absolute atomic E-state index is 0.174. The molecular formula is C12H15NO3S. The summed E-state index contributed by atoms with van der Waals surface area (Å²) in [4.78, 5) is 0.697. The van der Waals surface area contributed by atoms with E-state index in [1.807, 2.05) is 0 Å². The van der Waals surface area contributed by atoms with Crippen LogP contribution in [0.5, 0.6) is 5.75 Å². The molecule has 0 fully saturated rings. The molecule has 0 radical (unpaired) electrons. The maximum Gasteiger partial charge on any atom is 0.203 e. The summed E-state index contributed by atoms with van der Waals surface area (Å²) in [7, 11) is -1.86. The van der Waals surface area contributed by atoms with E-state index in [-0.39, 0.29) is 6.04 Å². The van der Waals surface area contributed by atoms with Crippen LogP contribution in [0.2, 0.25) is 0 Å². The van der Waals surface area contributed by atoms with E-state index in [1.165, 1.54) is 7.11 Å². The Hall–Kier alpha value is -1.33. The second-order valence-corrected chi connectivity index (χ2v) is 6.17. The van der Waals surface area contributed by atoms with Gasteiger partial charge in [-0.25, -0.2) is 8.42 Å². The highest BCUT2D eigenvalue weighted by molar-refractivity contribution is 7.95. The zero-order valence-electron chi connectivity index (χ0n) is 9.80. The fourth-order valence-electron chi connectivity index (χ4n) is 1.87. The largest absolute Gasteiger partial charge is 0.497 e. The van der Waals surface area contributed by atoms with E-state index >= 15 is 0 Å². The predicted octanol–water partition coefficient (Wildman–Crippen LogP) is 1.56. The van der Waals surface area contributed by atoms with Gasteiger partial charge >= 0.3 is 0 Å². The van der Waals surface area contributed by atoms with Crippen molar-refractivity contribution in [2.45, 2.75) is 24.3 Å². The van der Waals surface area contributed by atoms with E-state index in [9.17, 15) is 8.42 Å². The van der Waals surface area contributed by atoms with Gasteiger partial charge in [-0.1, -0.05) is 0 Å². The van der Waals surface area contributed by atoms with Gasteiger partial charge in [-0.05, 0) is 43.2 Å². The summed E-state index contributed by atoms with van der Waals surface area (Å²) in [5.74, 6) is 0.544. The fourth-order valence-corrected chi connectivity index (χ4v) is 3.63. The Morgan fingerprint density at radius 1 is 1.41 bits per heavy atom. The van der Waals surface area contributed by atoms with E-state index in [1.54, 1.807) is 31.2 Å². The molecule has 0 saturated carbocycles. The average molecular weight is 253 g/mol. The lowest BCUT2D eigenvalue weighted by molar-refractivity contribution is 0.413. The van der Waals surface area contributed by atoms with Crippen molar-refractivity contribution in [1.29, 1.82) is 0 Å². The molecule has 1 atom stereocenters. The molecule has 0 aromatic heterocycles. The number of methoxy groups -OCH3 is 1. The van der Waals surface area contributed by atoms with Crippen molar-refractivity contribution in [3.63, 3.8) is 0 Å². The lowest BCUT2D eigenvalue weighted by Crippen LogP contribution is -2.17. The molecule has 0 spiro atoms. The Bertz CT molecular complexity index is 573. The third kappa shape index (κ3) is 2.08. The third-order valence-electron chi connectivity index (χ3n) is 2.70. The summed E-state index contributed by atoms with van der Waals surface area (Å²) in [6.45, 7) is 1.79. The molecule has 0 saturated heterocycles. The first-order chi connectivity index (χ1) is 7.95. The molecule has 17 heavy (non-hydrogen) atoms. The summed E-state index contributed by atoms with van der Waals surface area (Å²) in [6, 6.07) is 4.88. The van der Waals surface area contributed by atoms with Crippen LogP contribution in [0.15, 0.2) is 28.0 Å². The molecule has 2 N–H and O–H groups in total. The van der Waals surface area contributed by atoms with Crippen LogP contribution in [-0.4, -0.2) is 21.6 Å². The molecule has 92 valence electrons. The van der Waals surface area contributed by atoms with Gasteiger partial charge < -0.3 is 10.5 Å². The molecule has 1 heterocycles. The summed E-state index contributed by atoms with van der Waals surface area (Å²) in [6.07, 6.45) is 2.05. The van der Waals surface area contributed by atoms with Gasteiger partial charge in [0.15, 0.2) is 0 Å². The van der Waals surface area contributed by atoms with Gasteiger partial charge in [0.2, 0.25) is 9.84 Å². The fraction of sp³-hybridized carbons (Fsp3) is 0.333. The maximum atomic E-state index is 12.2. The van der Waals surface area contributed by atoms with Crippen molar-refractivity contribution in [3.8, 4) is 5.75 Å². The third-order valence-corrected chi connectivity index (χ3v) is 4.60. The number of hydrogen-bond donors (Lipinski definition) is 1. The molecule has 0 bridgehead atoms. The van der Waals surface area contributed by atoms with E-state index in [0.29, 0.717) is 27.5 Å². The first-order valence-corrected chi connectivity index (χ1v) is 6.82. The maximum absolute atomic E-state index is 12.2. The van der Waals surface area contributed by atoms with Gasteiger partial charge in [0.1, 0.15) is 5.75 Å². The Balaban J connectivity index is 2.48. The topological polar surface area (TPSA) is 69.4 Å². The lowest BCUT2D eigenvalue weighted by Gasteiger charge is -2.07. The smallest absolute Gasteiger partial charge is 0.203 e. The molecular weight excluding hydrogens is 238 g/mol. The molecule has 1 aliphatic rings. The highest BCUT2D eigenvalue weighted by Crippen LogP contribution is 2.36. The van der Waals surface area contributed by atoms with Crippen LogP contribution in [0.3, 0.4) is 0 Å². The van der Waals surface area contributed by atoms with Crippen LogP contribution in [0.25, 0.3) is 6.08 Å². The highest BCUT2D eigenvalue weighted by Gasteiger charge is 2.30. The van der Waals surface area contributed by atoms with Gasteiger partial charge in [0.25, 0.3) is 0 Å². The van der Waals surface area contributed by atoms with Crippen LogP contribution in [-0.2, 0) is 9.84 Å².